The molecule has 1 aliphatic heterocycles. The van der Waals surface area contributed by atoms with Crippen molar-refractivity contribution in [2.45, 2.75) is 71.6 Å². The number of fused-ring (bicyclic) bond motifs is 1. The highest BCUT2D eigenvalue weighted by Crippen LogP contribution is 2.42. The van der Waals surface area contributed by atoms with Gasteiger partial charge in [-0.15, -0.1) is 0 Å². The molecule has 0 fully saturated rings. The molecule has 4 nitrogen and oxygen atoms in total. The lowest BCUT2D eigenvalue weighted by Crippen LogP contribution is -2.05. The molecule has 0 unspecified atom stereocenters. The van der Waals surface area contributed by atoms with E-state index in [-0.39, 0.29) is 17.1 Å². The fourth-order valence-corrected chi connectivity index (χ4v) is 4.21. The summed E-state index contributed by atoms with van der Waals surface area (Å²) in [5, 5.41) is 13.1. The van der Waals surface area contributed by atoms with Crippen LogP contribution in [0.1, 0.15) is 82.8 Å². The summed E-state index contributed by atoms with van der Waals surface area (Å²) < 4.78 is 12.7. The topological polar surface area (TPSA) is 58.6 Å². The molecule has 166 valence electrons. The number of hydrogen-bond acceptors (Lipinski definition) is 3. The summed E-state index contributed by atoms with van der Waals surface area (Å²) in [5.41, 5.74) is 3.82. The van der Waals surface area contributed by atoms with Crippen LogP contribution in [0.15, 0.2) is 42.2 Å². The van der Waals surface area contributed by atoms with Crippen molar-refractivity contribution >= 4 is 17.2 Å². The smallest absolute Gasteiger partial charge is 0.259 e. The standard InChI is InChI=1S/C26H32FNO3/c1-4-5-6-7-8-9-10-17(2)19-11-13-20(14-12-19)21-15-22-23(16-24(21)29)28-26(30)25(22)18(3)31-27/h11-17,29H,4-10H2,1-3H3,(H,28,30)/b25-18+/t17-/m1/s1. The van der Waals surface area contributed by atoms with E-state index in [0.29, 0.717) is 22.7 Å². The molecule has 1 aliphatic rings. The summed E-state index contributed by atoms with van der Waals surface area (Å²) >= 11 is 0. The predicted octanol–water partition coefficient (Wildman–Crippen LogP) is 7.50. The molecule has 0 radical (unpaired) electrons. The van der Waals surface area contributed by atoms with Gasteiger partial charge in [-0.05, 0) is 36.5 Å². The Kier molecular flexibility index (Phi) is 7.72. The molecule has 0 aromatic heterocycles. The highest BCUT2D eigenvalue weighted by Gasteiger charge is 2.29. The molecule has 0 aliphatic carbocycles. The number of carbonyl (C=O) groups excluding carboxylic acids is 1. The van der Waals surface area contributed by atoms with Crippen LogP contribution in [0.3, 0.4) is 0 Å². The summed E-state index contributed by atoms with van der Waals surface area (Å²) in [7, 11) is 0. The Bertz CT molecular complexity index is 950. The van der Waals surface area contributed by atoms with Crippen LogP contribution >= 0.6 is 0 Å². The fraction of sp³-hybridized carbons (Fsp3) is 0.423. The monoisotopic (exact) mass is 425 g/mol. The molecule has 0 spiro atoms. The zero-order valence-corrected chi connectivity index (χ0v) is 18.6. The average molecular weight is 426 g/mol. The number of nitrogens with one attached hydrogen (secondary N) is 1. The van der Waals surface area contributed by atoms with E-state index in [2.05, 4.69) is 36.2 Å². The van der Waals surface area contributed by atoms with Gasteiger partial charge in [0.25, 0.3) is 5.91 Å². The Balaban J connectivity index is 1.73. The lowest BCUT2D eigenvalue weighted by molar-refractivity contribution is -0.112. The SMILES string of the molecule is CCCCCCCC[C@@H](C)c1ccc(-c2cc3c(cc2O)NC(=O)/C3=C(\C)OF)cc1. The number of phenols is 1. The molecule has 2 aromatic carbocycles. The van der Waals surface area contributed by atoms with E-state index in [4.69, 9.17) is 0 Å². The lowest BCUT2D eigenvalue weighted by atomic mass is 9.92. The molecular weight excluding hydrogens is 393 g/mol. The van der Waals surface area contributed by atoms with Crippen LogP contribution in [-0.4, -0.2) is 11.0 Å². The minimum absolute atomic E-state index is 0.0620. The van der Waals surface area contributed by atoms with E-state index in [9.17, 15) is 14.4 Å². The Morgan fingerprint density at radius 2 is 1.74 bits per heavy atom. The Morgan fingerprint density at radius 3 is 2.42 bits per heavy atom. The summed E-state index contributed by atoms with van der Waals surface area (Å²) in [6.07, 6.45) is 8.95. The number of allylic oxidation sites excluding steroid dienone is 1. The summed E-state index contributed by atoms with van der Waals surface area (Å²) in [6, 6.07) is 11.4. The quantitative estimate of drug-likeness (QED) is 0.235. The minimum Gasteiger partial charge on any atom is -0.507 e. The minimum atomic E-state index is -0.444. The van der Waals surface area contributed by atoms with Crippen LogP contribution in [0.2, 0.25) is 0 Å². The third-order valence-electron chi connectivity index (χ3n) is 6.13. The first-order valence-electron chi connectivity index (χ1n) is 11.2. The maximum absolute atomic E-state index is 12.7. The van der Waals surface area contributed by atoms with Crippen molar-refractivity contribution in [1.82, 2.24) is 0 Å². The van der Waals surface area contributed by atoms with Crippen molar-refractivity contribution in [3.8, 4) is 16.9 Å². The molecule has 0 saturated carbocycles. The van der Waals surface area contributed by atoms with Gasteiger partial charge in [-0.25, -0.2) is 0 Å². The first-order valence-corrected chi connectivity index (χ1v) is 11.2. The van der Waals surface area contributed by atoms with Crippen LogP contribution in [0.4, 0.5) is 10.2 Å². The van der Waals surface area contributed by atoms with Crippen LogP contribution in [-0.2, 0) is 9.74 Å². The van der Waals surface area contributed by atoms with Gasteiger partial charge in [0.05, 0.1) is 11.3 Å². The zero-order valence-electron chi connectivity index (χ0n) is 18.6. The van der Waals surface area contributed by atoms with Crippen LogP contribution in [0.25, 0.3) is 16.7 Å². The third-order valence-corrected chi connectivity index (χ3v) is 6.13. The molecule has 1 atom stereocenters. The van der Waals surface area contributed by atoms with E-state index in [1.54, 1.807) is 6.07 Å². The van der Waals surface area contributed by atoms with E-state index in [0.717, 1.165) is 5.56 Å². The van der Waals surface area contributed by atoms with E-state index in [1.165, 1.54) is 63.5 Å². The van der Waals surface area contributed by atoms with E-state index >= 15 is 0 Å². The molecule has 5 heteroatoms. The first kappa shape index (κ1) is 22.9. The third kappa shape index (κ3) is 5.27. The summed E-state index contributed by atoms with van der Waals surface area (Å²) in [5.74, 6) is -0.00567. The van der Waals surface area contributed by atoms with Crippen LogP contribution in [0.5, 0.6) is 5.75 Å². The molecule has 31 heavy (non-hydrogen) atoms. The van der Waals surface area contributed by atoms with Crippen LogP contribution in [0, 0.1) is 0 Å². The fourth-order valence-electron chi connectivity index (χ4n) is 4.21. The highest BCUT2D eigenvalue weighted by molar-refractivity contribution is 6.32. The largest absolute Gasteiger partial charge is 0.507 e. The second kappa shape index (κ2) is 10.5. The van der Waals surface area contributed by atoms with Gasteiger partial charge in [-0.2, -0.15) is 0 Å². The number of unbranched alkanes of at least 4 members (excludes halogenated alkanes) is 5. The zero-order chi connectivity index (χ0) is 22.4. The number of hydrogen-bond donors (Lipinski definition) is 2. The molecule has 3 rings (SSSR count). The molecule has 0 bridgehead atoms. The van der Waals surface area contributed by atoms with E-state index < -0.39 is 5.91 Å². The van der Waals surface area contributed by atoms with Crippen molar-refractivity contribution in [1.29, 1.82) is 0 Å². The summed E-state index contributed by atoms with van der Waals surface area (Å²) in [6.45, 7) is 5.89. The number of halogens is 1. The van der Waals surface area contributed by atoms with Gasteiger partial charge >= 0.3 is 0 Å². The number of aromatic hydroxyl groups is 1. The molecule has 1 heterocycles. The van der Waals surface area contributed by atoms with Gasteiger partial charge in [0.15, 0.2) is 5.76 Å². The maximum atomic E-state index is 12.7. The number of carbonyl (C=O) groups is 1. The molecule has 0 saturated heterocycles. The summed E-state index contributed by atoms with van der Waals surface area (Å²) in [4.78, 5) is 16.0. The lowest BCUT2D eigenvalue weighted by Gasteiger charge is -2.14. The van der Waals surface area contributed by atoms with Crippen molar-refractivity contribution in [2.75, 3.05) is 5.32 Å². The van der Waals surface area contributed by atoms with E-state index in [1.807, 2.05) is 12.1 Å². The number of rotatable bonds is 10. The maximum Gasteiger partial charge on any atom is 0.259 e. The van der Waals surface area contributed by atoms with Gasteiger partial charge in [0, 0.05) is 21.7 Å². The molecule has 2 N–H and O–H groups in total. The van der Waals surface area contributed by atoms with Crippen molar-refractivity contribution in [3.63, 3.8) is 0 Å². The van der Waals surface area contributed by atoms with Gasteiger partial charge < -0.3 is 10.4 Å². The Morgan fingerprint density at radius 1 is 1.06 bits per heavy atom. The second-order valence-electron chi connectivity index (χ2n) is 8.46. The number of anilines is 1. The van der Waals surface area contributed by atoms with Gasteiger partial charge in [0.1, 0.15) is 5.75 Å². The van der Waals surface area contributed by atoms with Crippen molar-refractivity contribution < 1.29 is 19.4 Å². The van der Waals surface area contributed by atoms with Crippen molar-refractivity contribution in [2.24, 2.45) is 0 Å². The number of phenolic OH excluding ortho intramolecular Hbond substituents is 1. The van der Waals surface area contributed by atoms with Gasteiger partial charge in [-0.1, -0.05) is 76.6 Å². The van der Waals surface area contributed by atoms with Crippen molar-refractivity contribution in [3.05, 3.63) is 53.3 Å². The molecule has 1 amide bonds. The van der Waals surface area contributed by atoms with Gasteiger partial charge in [0.2, 0.25) is 0 Å². The number of benzene rings is 2. The normalized spacial score (nSPS) is 15.4. The van der Waals surface area contributed by atoms with Crippen LogP contribution < -0.4 is 5.32 Å². The molecule has 2 aromatic rings. The van der Waals surface area contributed by atoms with Gasteiger partial charge in [-0.3, -0.25) is 9.74 Å². The predicted molar refractivity (Wildman–Crippen MR) is 123 cm³/mol. The average Bonchev–Trinajstić information content (AvgIpc) is 3.09. The number of amides is 1. The highest BCUT2D eigenvalue weighted by atomic mass is 19.3. The first-order chi connectivity index (χ1) is 15.0. The molecular formula is C26H32FNO3. The second-order valence-corrected chi connectivity index (χ2v) is 8.46. The Hall–Kier alpha value is -2.82. The Labute approximate surface area is 184 Å².